The van der Waals surface area contributed by atoms with Gasteiger partial charge in [-0.15, -0.1) is 0 Å². The molecule has 5 heteroatoms. The van der Waals surface area contributed by atoms with Crippen LogP contribution in [0, 0.1) is 0 Å². The van der Waals surface area contributed by atoms with Crippen LogP contribution >= 0.6 is 23.2 Å². The maximum absolute atomic E-state index is 12.2. The second-order valence-corrected chi connectivity index (χ2v) is 5.97. The molecule has 0 saturated heterocycles. The number of hydrogen-bond donors (Lipinski definition) is 0. The molecule has 120 valence electrons. The summed E-state index contributed by atoms with van der Waals surface area (Å²) in [5.74, 6) is 0.403. The molecule has 0 aliphatic rings. The van der Waals surface area contributed by atoms with E-state index in [-0.39, 0.29) is 5.78 Å². The van der Waals surface area contributed by atoms with Gasteiger partial charge in [0.2, 0.25) is 0 Å². The first kappa shape index (κ1) is 17.4. The summed E-state index contributed by atoms with van der Waals surface area (Å²) in [5.41, 5.74) is 2.29. The zero-order valence-electron chi connectivity index (χ0n) is 13.1. The SMILES string of the molecule is COc1ccc(C(=O)/C=C/c2ccc(N(C)C)c(Cl)c2)cc1Cl. The van der Waals surface area contributed by atoms with Crippen molar-refractivity contribution in [2.75, 3.05) is 26.1 Å². The van der Waals surface area contributed by atoms with Gasteiger partial charge in [-0.25, -0.2) is 0 Å². The molecular weight excluding hydrogens is 333 g/mol. The van der Waals surface area contributed by atoms with Crippen molar-refractivity contribution < 1.29 is 9.53 Å². The molecule has 2 aromatic rings. The Morgan fingerprint density at radius 1 is 1.09 bits per heavy atom. The van der Waals surface area contributed by atoms with Gasteiger partial charge in [-0.3, -0.25) is 4.79 Å². The molecule has 23 heavy (non-hydrogen) atoms. The molecule has 0 radical (unpaired) electrons. The topological polar surface area (TPSA) is 29.5 Å². The Morgan fingerprint density at radius 3 is 2.39 bits per heavy atom. The number of ether oxygens (including phenoxy) is 1. The minimum Gasteiger partial charge on any atom is -0.495 e. The normalized spacial score (nSPS) is 10.8. The van der Waals surface area contributed by atoms with Crippen LogP contribution in [0.4, 0.5) is 5.69 Å². The van der Waals surface area contributed by atoms with Gasteiger partial charge in [-0.2, -0.15) is 0 Å². The number of methoxy groups -OCH3 is 1. The zero-order chi connectivity index (χ0) is 17.0. The Bertz CT molecular complexity index is 755. The van der Waals surface area contributed by atoms with Crippen molar-refractivity contribution in [1.82, 2.24) is 0 Å². The van der Waals surface area contributed by atoms with Crippen molar-refractivity contribution >= 4 is 40.7 Å². The smallest absolute Gasteiger partial charge is 0.185 e. The third-order valence-corrected chi connectivity index (χ3v) is 3.92. The monoisotopic (exact) mass is 349 g/mol. The van der Waals surface area contributed by atoms with E-state index in [9.17, 15) is 4.79 Å². The lowest BCUT2D eigenvalue weighted by molar-refractivity contribution is 0.104. The highest BCUT2D eigenvalue weighted by atomic mass is 35.5. The molecule has 0 atom stereocenters. The van der Waals surface area contributed by atoms with Crippen molar-refractivity contribution in [3.63, 3.8) is 0 Å². The van der Waals surface area contributed by atoms with Crippen LogP contribution in [0.5, 0.6) is 5.75 Å². The standard InChI is InChI=1S/C18H17Cl2NO2/c1-21(2)16-7-4-12(10-14(16)19)5-8-17(22)13-6-9-18(23-3)15(20)11-13/h4-11H,1-3H3/b8-5+. The van der Waals surface area contributed by atoms with Crippen LogP contribution in [-0.2, 0) is 0 Å². The Kier molecular flexibility index (Phi) is 5.69. The van der Waals surface area contributed by atoms with Crippen LogP contribution in [0.3, 0.4) is 0 Å². The highest BCUT2D eigenvalue weighted by Crippen LogP contribution is 2.27. The Labute approximate surface area is 146 Å². The van der Waals surface area contributed by atoms with Gasteiger partial charge >= 0.3 is 0 Å². The molecule has 0 bridgehead atoms. The van der Waals surface area contributed by atoms with Gasteiger partial charge in [0.15, 0.2) is 5.78 Å². The summed E-state index contributed by atoms with van der Waals surface area (Å²) >= 11 is 12.3. The summed E-state index contributed by atoms with van der Waals surface area (Å²) in [5, 5.41) is 1.04. The highest BCUT2D eigenvalue weighted by Gasteiger charge is 2.07. The molecule has 0 N–H and O–H groups in total. The van der Waals surface area contributed by atoms with Crippen molar-refractivity contribution in [2.24, 2.45) is 0 Å². The summed E-state index contributed by atoms with van der Waals surface area (Å²) in [4.78, 5) is 14.1. The number of ketones is 1. The summed E-state index contributed by atoms with van der Waals surface area (Å²) < 4.78 is 5.07. The van der Waals surface area contributed by atoms with Crippen LogP contribution in [-0.4, -0.2) is 27.0 Å². The minimum atomic E-state index is -0.137. The Morgan fingerprint density at radius 2 is 1.83 bits per heavy atom. The Balaban J connectivity index is 2.18. The van der Waals surface area contributed by atoms with Gasteiger partial charge in [0, 0.05) is 19.7 Å². The third-order valence-electron chi connectivity index (χ3n) is 3.32. The summed E-state index contributed by atoms with van der Waals surface area (Å²) in [6.07, 6.45) is 3.23. The predicted molar refractivity (Wildman–Crippen MR) is 97.1 cm³/mol. The van der Waals surface area contributed by atoms with Crippen LogP contribution in [0.2, 0.25) is 10.0 Å². The number of rotatable bonds is 5. The first-order valence-electron chi connectivity index (χ1n) is 6.95. The zero-order valence-corrected chi connectivity index (χ0v) is 14.7. The molecule has 2 aromatic carbocycles. The van der Waals surface area contributed by atoms with E-state index in [2.05, 4.69) is 0 Å². The van der Waals surface area contributed by atoms with E-state index in [0.717, 1.165) is 11.3 Å². The fourth-order valence-electron chi connectivity index (χ4n) is 2.08. The average Bonchev–Trinajstić information content (AvgIpc) is 2.52. The van der Waals surface area contributed by atoms with Gasteiger partial charge < -0.3 is 9.64 Å². The van der Waals surface area contributed by atoms with Gasteiger partial charge in [0.05, 0.1) is 22.8 Å². The van der Waals surface area contributed by atoms with Crippen molar-refractivity contribution in [3.8, 4) is 5.75 Å². The van der Waals surface area contributed by atoms with Crippen molar-refractivity contribution in [3.05, 3.63) is 63.6 Å². The van der Waals surface area contributed by atoms with E-state index in [1.165, 1.54) is 13.2 Å². The molecule has 0 unspecified atom stereocenters. The number of halogens is 2. The predicted octanol–water partition coefficient (Wildman–Crippen LogP) is 4.96. The lowest BCUT2D eigenvalue weighted by atomic mass is 10.1. The summed E-state index contributed by atoms with van der Waals surface area (Å²) in [6, 6.07) is 10.6. The third kappa shape index (κ3) is 4.27. The minimum absolute atomic E-state index is 0.137. The summed E-state index contributed by atoms with van der Waals surface area (Å²) in [6.45, 7) is 0. The van der Waals surface area contributed by atoms with Gasteiger partial charge in [-0.05, 0) is 42.0 Å². The molecule has 0 fully saturated rings. The number of nitrogens with zero attached hydrogens (tertiary/aromatic N) is 1. The lowest BCUT2D eigenvalue weighted by Crippen LogP contribution is -2.08. The van der Waals surface area contributed by atoms with Crippen LogP contribution < -0.4 is 9.64 Å². The number of benzene rings is 2. The van der Waals surface area contributed by atoms with E-state index >= 15 is 0 Å². The second-order valence-electron chi connectivity index (χ2n) is 5.15. The van der Waals surface area contributed by atoms with E-state index < -0.39 is 0 Å². The molecular formula is C18H17Cl2NO2. The second kappa shape index (κ2) is 7.53. The molecule has 0 saturated carbocycles. The maximum Gasteiger partial charge on any atom is 0.185 e. The van der Waals surface area contributed by atoms with Gasteiger partial charge in [-0.1, -0.05) is 35.3 Å². The Hall–Kier alpha value is -1.97. The number of allylic oxidation sites excluding steroid dienone is 1. The molecule has 0 heterocycles. The fraction of sp³-hybridized carbons (Fsp3) is 0.167. The van der Waals surface area contributed by atoms with Crippen LogP contribution in [0.25, 0.3) is 6.08 Å². The van der Waals surface area contributed by atoms with E-state index in [4.69, 9.17) is 27.9 Å². The molecule has 0 aliphatic carbocycles. The fourth-order valence-corrected chi connectivity index (χ4v) is 2.69. The van der Waals surface area contributed by atoms with Crippen LogP contribution in [0.1, 0.15) is 15.9 Å². The lowest BCUT2D eigenvalue weighted by Gasteiger charge is -2.14. The maximum atomic E-state index is 12.2. The molecule has 0 amide bonds. The van der Waals surface area contributed by atoms with Gasteiger partial charge in [0.1, 0.15) is 5.75 Å². The van der Waals surface area contributed by atoms with Crippen molar-refractivity contribution in [1.29, 1.82) is 0 Å². The molecule has 3 nitrogen and oxygen atoms in total. The molecule has 0 aliphatic heterocycles. The number of carbonyl (C=O) groups excluding carboxylic acids is 1. The van der Waals surface area contributed by atoms with E-state index in [1.807, 2.05) is 37.2 Å². The van der Waals surface area contributed by atoms with E-state index in [1.54, 1.807) is 24.3 Å². The van der Waals surface area contributed by atoms with Gasteiger partial charge in [0.25, 0.3) is 0 Å². The highest BCUT2D eigenvalue weighted by molar-refractivity contribution is 6.33. The first-order valence-corrected chi connectivity index (χ1v) is 7.71. The molecule has 0 aromatic heterocycles. The average molecular weight is 350 g/mol. The first-order chi connectivity index (χ1) is 10.9. The molecule has 0 spiro atoms. The number of carbonyl (C=O) groups is 1. The van der Waals surface area contributed by atoms with E-state index in [0.29, 0.717) is 21.4 Å². The number of anilines is 1. The summed E-state index contributed by atoms with van der Waals surface area (Å²) in [7, 11) is 5.38. The molecule has 2 rings (SSSR count). The number of hydrogen-bond acceptors (Lipinski definition) is 3. The van der Waals surface area contributed by atoms with Crippen molar-refractivity contribution in [2.45, 2.75) is 0 Å². The van der Waals surface area contributed by atoms with Crippen LogP contribution in [0.15, 0.2) is 42.5 Å². The largest absolute Gasteiger partial charge is 0.495 e. The quantitative estimate of drug-likeness (QED) is 0.564.